The lowest BCUT2D eigenvalue weighted by Crippen LogP contribution is -2.18. The van der Waals surface area contributed by atoms with E-state index in [0.29, 0.717) is 12.6 Å². The van der Waals surface area contributed by atoms with E-state index in [1.807, 2.05) is 35.6 Å². The number of benzene rings is 1. The van der Waals surface area contributed by atoms with Crippen LogP contribution in [0.2, 0.25) is 0 Å². The molecule has 0 saturated carbocycles. The molecule has 0 amide bonds. The summed E-state index contributed by atoms with van der Waals surface area (Å²) in [6.07, 6.45) is 0. The Morgan fingerprint density at radius 2 is 2.05 bits per heavy atom. The van der Waals surface area contributed by atoms with Gasteiger partial charge in [0.05, 0.1) is 6.61 Å². The van der Waals surface area contributed by atoms with Crippen molar-refractivity contribution in [3.8, 4) is 5.75 Å². The fourth-order valence-corrected chi connectivity index (χ4v) is 2.90. The molecular formula is C16H21NO2S. The molecule has 1 atom stereocenters. The highest BCUT2D eigenvalue weighted by Gasteiger charge is 2.09. The molecule has 0 spiro atoms. The van der Waals surface area contributed by atoms with E-state index in [-0.39, 0.29) is 6.61 Å². The second kappa shape index (κ2) is 7.43. The van der Waals surface area contributed by atoms with E-state index in [2.05, 4.69) is 31.3 Å². The zero-order valence-corrected chi connectivity index (χ0v) is 12.7. The van der Waals surface area contributed by atoms with Gasteiger partial charge in [0.1, 0.15) is 12.4 Å². The second-order valence-corrected chi connectivity index (χ2v) is 6.05. The maximum Gasteiger partial charge on any atom is 0.123 e. The fourth-order valence-electron chi connectivity index (χ4n) is 2.00. The molecule has 4 heteroatoms. The van der Waals surface area contributed by atoms with Crippen LogP contribution in [0.1, 0.15) is 28.3 Å². The predicted molar refractivity (Wildman–Crippen MR) is 83.3 cm³/mol. The molecule has 1 unspecified atom stereocenters. The van der Waals surface area contributed by atoms with Crippen molar-refractivity contribution in [3.63, 3.8) is 0 Å². The molecule has 20 heavy (non-hydrogen) atoms. The minimum atomic E-state index is 0.0344. The Balaban J connectivity index is 1.96. The zero-order chi connectivity index (χ0) is 14.4. The first kappa shape index (κ1) is 15.0. The van der Waals surface area contributed by atoms with Crippen LogP contribution in [0.25, 0.3) is 0 Å². The van der Waals surface area contributed by atoms with E-state index in [1.54, 1.807) is 0 Å². The molecule has 0 bridgehead atoms. The number of aliphatic hydroxyl groups excluding tert-OH is 1. The van der Waals surface area contributed by atoms with Crippen LogP contribution in [0.15, 0.2) is 36.4 Å². The summed E-state index contributed by atoms with van der Waals surface area (Å²) in [6, 6.07) is 12.6. The summed E-state index contributed by atoms with van der Waals surface area (Å²) >= 11 is 1.82. The van der Waals surface area contributed by atoms with Crippen molar-refractivity contribution in [2.24, 2.45) is 0 Å². The van der Waals surface area contributed by atoms with Gasteiger partial charge in [-0.3, -0.25) is 0 Å². The standard InChI is InChI=1S/C16H21NO2S/c1-12-7-8-16(20-12)13(2)17-11-14-5-3-4-6-15(14)19-10-9-18/h3-8,13,17-18H,9-11H2,1-2H3. The maximum atomic E-state index is 8.85. The van der Waals surface area contributed by atoms with Gasteiger partial charge in [-0.05, 0) is 32.0 Å². The quantitative estimate of drug-likeness (QED) is 0.822. The number of nitrogens with one attached hydrogen (secondary N) is 1. The van der Waals surface area contributed by atoms with Gasteiger partial charge < -0.3 is 15.2 Å². The van der Waals surface area contributed by atoms with Gasteiger partial charge in [0.25, 0.3) is 0 Å². The number of hydrogen-bond donors (Lipinski definition) is 2. The molecule has 0 aliphatic heterocycles. The van der Waals surface area contributed by atoms with Crippen molar-refractivity contribution in [1.82, 2.24) is 5.32 Å². The molecule has 1 aromatic carbocycles. The molecule has 0 saturated heterocycles. The SMILES string of the molecule is Cc1ccc(C(C)NCc2ccccc2OCCO)s1. The smallest absolute Gasteiger partial charge is 0.123 e. The summed E-state index contributed by atoms with van der Waals surface area (Å²) in [5, 5.41) is 12.4. The van der Waals surface area contributed by atoms with Crippen LogP contribution in [0.4, 0.5) is 0 Å². The van der Waals surface area contributed by atoms with Crippen LogP contribution < -0.4 is 10.1 Å². The molecule has 0 aliphatic carbocycles. The predicted octanol–water partition coefficient (Wildman–Crippen LogP) is 3.28. The molecule has 108 valence electrons. The summed E-state index contributed by atoms with van der Waals surface area (Å²) < 4.78 is 5.54. The molecule has 1 heterocycles. The number of aryl methyl sites for hydroxylation is 1. The fraction of sp³-hybridized carbons (Fsp3) is 0.375. The van der Waals surface area contributed by atoms with Crippen LogP contribution in [-0.2, 0) is 6.54 Å². The average molecular weight is 291 g/mol. The lowest BCUT2D eigenvalue weighted by Gasteiger charge is -2.15. The first-order chi connectivity index (χ1) is 9.70. The van der Waals surface area contributed by atoms with Gasteiger partial charge in [-0.2, -0.15) is 0 Å². The van der Waals surface area contributed by atoms with Gasteiger partial charge in [-0.25, -0.2) is 0 Å². The largest absolute Gasteiger partial charge is 0.491 e. The second-order valence-electron chi connectivity index (χ2n) is 4.73. The third kappa shape index (κ3) is 4.07. The molecule has 2 N–H and O–H groups in total. The van der Waals surface area contributed by atoms with E-state index in [9.17, 15) is 0 Å². The molecule has 0 aliphatic rings. The van der Waals surface area contributed by atoms with Crippen LogP contribution in [-0.4, -0.2) is 18.3 Å². The molecule has 0 radical (unpaired) electrons. The van der Waals surface area contributed by atoms with Gasteiger partial charge in [0, 0.05) is 27.9 Å². The molecule has 2 aromatic rings. The van der Waals surface area contributed by atoms with Gasteiger partial charge in [-0.1, -0.05) is 18.2 Å². The van der Waals surface area contributed by atoms with Crippen molar-refractivity contribution in [1.29, 1.82) is 0 Å². The van der Waals surface area contributed by atoms with Gasteiger partial charge in [0.2, 0.25) is 0 Å². The molecule has 2 rings (SSSR count). The highest BCUT2D eigenvalue weighted by Crippen LogP contribution is 2.24. The number of thiophene rings is 1. The normalized spacial score (nSPS) is 12.3. The Labute approximate surface area is 124 Å². The van der Waals surface area contributed by atoms with Gasteiger partial charge in [0.15, 0.2) is 0 Å². The van der Waals surface area contributed by atoms with Gasteiger partial charge >= 0.3 is 0 Å². The summed E-state index contributed by atoms with van der Waals surface area (Å²) in [5.41, 5.74) is 1.11. The Bertz CT molecular complexity index is 539. The van der Waals surface area contributed by atoms with Crippen molar-refractivity contribution >= 4 is 11.3 Å². The Hall–Kier alpha value is -1.36. The number of rotatable bonds is 7. The van der Waals surface area contributed by atoms with Crippen molar-refractivity contribution in [3.05, 3.63) is 51.7 Å². The number of hydrogen-bond acceptors (Lipinski definition) is 4. The topological polar surface area (TPSA) is 41.5 Å². The van der Waals surface area contributed by atoms with E-state index in [0.717, 1.165) is 17.9 Å². The molecule has 0 fully saturated rings. The monoisotopic (exact) mass is 291 g/mol. The zero-order valence-electron chi connectivity index (χ0n) is 11.9. The van der Waals surface area contributed by atoms with E-state index < -0.39 is 0 Å². The lowest BCUT2D eigenvalue weighted by atomic mass is 10.2. The molecular weight excluding hydrogens is 270 g/mol. The van der Waals surface area contributed by atoms with Gasteiger partial charge in [-0.15, -0.1) is 11.3 Å². The van der Waals surface area contributed by atoms with E-state index in [1.165, 1.54) is 9.75 Å². The highest BCUT2D eigenvalue weighted by atomic mass is 32.1. The van der Waals surface area contributed by atoms with Crippen molar-refractivity contribution < 1.29 is 9.84 Å². The average Bonchev–Trinajstić information content (AvgIpc) is 2.90. The summed E-state index contributed by atoms with van der Waals surface area (Å²) in [5.74, 6) is 0.837. The number of ether oxygens (including phenoxy) is 1. The summed E-state index contributed by atoms with van der Waals surface area (Å²) in [4.78, 5) is 2.68. The third-order valence-electron chi connectivity index (χ3n) is 3.11. The van der Waals surface area contributed by atoms with Crippen LogP contribution in [0.5, 0.6) is 5.75 Å². The Morgan fingerprint density at radius 1 is 1.25 bits per heavy atom. The van der Waals surface area contributed by atoms with E-state index >= 15 is 0 Å². The first-order valence-corrected chi connectivity index (χ1v) is 7.63. The van der Waals surface area contributed by atoms with Crippen LogP contribution in [0.3, 0.4) is 0 Å². The first-order valence-electron chi connectivity index (χ1n) is 6.82. The Kier molecular flexibility index (Phi) is 5.59. The van der Waals surface area contributed by atoms with Crippen molar-refractivity contribution in [2.75, 3.05) is 13.2 Å². The minimum absolute atomic E-state index is 0.0344. The van der Waals surface area contributed by atoms with Crippen molar-refractivity contribution in [2.45, 2.75) is 26.4 Å². The highest BCUT2D eigenvalue weighted by molar-refractivity contribution is 7.12. The molecule has 3 nitrogen and oxygen atoms in total. The van der Waals surface area contributed by atoms with Crippen LogP contribution >= 0.6 is 11.3 Å². The number of aliphatic hydroxyl groups is 1. The lowest BCUT2D eigenvalue weighted by molar-refractivity contribution is 0.200. The van der Waals surface area contributed by atoms with E-state index in [4.69, 9.17) is 9.84 Å². The summed E-state index contributed by atoms with van der Waals surface area (Å²) in [7, 11) is 0. The molecule has 1 aromatic heterocycles. The Morgan fingerprint density at radius 3 is 2.75 bits per heavy atom. The van der Waals surface area contributed by atoms with Crippen LogP contribution in [0, 0.1) is 6.92 Å². The third-order valence-corrected chi connectivity index (χ3v) is 4.29. The summed E-state index contributed by atoms with van der Waals surface area (Å²) in [6.45, 7) is 5.41. The number of para-hydroxylation sites is 1. The minimum Gasteiger partial charge on any atom is -0.491 e. The maximum absolute atomic E-state index is 8.85.